The largest absolute Gasteiger partial charge is 0.574 e. The summed E-state index contributed by atoms with van der Waals surface area (Å²) in [5.41, 5.74) is -1.12. The number of hydrogen-bond acceptors (Lipinski definition) is 4. The number of alkyl halides is 5. The van der Waals surface area contributed by atoms with Crippen LogP contribution in [0, 0.1) is 3.57 Å². The lowest BCUT2D eigenvalue weighted by Gasteiger charge is -2.14. The summed E-state index contributed by atoms with van der Waals surface area (Å²) in [6.45, 7) is 1.59. The van der Waals surface area contributed by atoms with E-state index in [4.69, 9.17) is 0 Å². The molecule has 0 spiro atoms. The molecule has 1 rings (SSSR count). The first-order valence-corrected chi connectivity index (χ1v) is 6.60. The fourth-order valence-electron chi connectivity index (χ4n) is 1.42. The Kier molecular flexibility index (Phi) is 6.10. The molecule has 1 heterocycles. The van der Waals surface area contributed by atoms with Crippen LogP contribution in [-0.4, -0.2) is 23.9 Å². The van der Waals surface area contributed by atoms with E-state index >= 15 is 0 Å². The lowest BCUT2D eigenvalue weighted by atomic mass is 10.1. The highest BCUT2D eigenvalue weighted by Crippen LogP contribution is 2.31. The number of esters is 1. The molecule has 0 saturated heterocycles. The van der Waals surface area contributed by atoms with Gasteiger partial charge in [-0.1, -0.05) is 0 Å². The van der Waals surface area contributed by atoms with Gasteiger partial charge in [0.2, 0.25) is 5.88 Å². The zero-order valence-electron chi connectivity index (χ0n) is 10.5. The van der Waals surface area contributed by atoms with Gasteiger partial charge in [0.25, 0.3) is 6.43 Å². The second-order valence-electron chi connectivity index (χ2n) is 3.64. The Bertz CT molecular complexity index is 521. The third-order valence-electron chi connectivity index (χ3n) is 2.13. The maximum absolute atomic E-state index is 12.9. The minimum absolute atomic E-state index is 0.00482. The zero-order chi connectivity index (χ0) is 16.2. The zero-order valence-corrected chi connectivity index (χ0v) is 12.7. The summed E-state index contributed by atoms with van der Waals surface area (Å²) in [5, 5.41) is 0. The fraction of sp³-hybridized carbons (Fsp3) is 0.455. The Morgan fingerprint density at radius 2 is 2.05 bits per heavy atom. The van der Waals surface area contributed by atoms with Crippen LogP contribution in [0.25, 0.3) is 0 Å². The molecule has 1 aromatic heterocycles. The van der Waals surface area contributed by atoms with E-state index in [9.17, 15) is 26.7 Å². The summed E-state index contributed by atoms with van der Waals surface area (Å²) in [5.74, 6) is -1.78. The van der Waals surface area contributed by atoms with Crippen molar-refractivity contribution in [3.05, 3.63) is 20.9 Å². The first-order chi connectivity index (χ1) is 9.64. The van der Waals surface area contributed by atoms with Crippen molar-refractivity contribution in [2.75, 3.05) is 6.61 Å². The predicted molar refractivity (Wildman–Crippen MR) is 68.9 cm³/mol. The van der Waals surface area contributed by atoms with Gasteiger partial charge in [0.15, 0.2) is 0 Å². The van der Waals surface area contributed by atoms with Crippen LogP contribution in [0.2, 0.25) is 0 Å². The topological polar surface area (TPSA) is 48.4 Å². The second-order valence-corrected chi connectivity index (χ2v) is 4.80. The smallest absolute Gasteiger partial charge is 0.466 e. The predicted octanol–water partition coefficient (Wildman–Crippen LogP) is 3.63. The van der Waals surface area contributed by atoms with Crippen LogP contribution >= 0.6 is 22.6 Å². The van der Waals surface area contributed by atoms with E-state index in [-0.39, 0.29) is 15.7 Å². The number of aromatic nitrogens is 1. The minimum Gasteiger partial charge on any atom is -0.466 e. The SMILES string of the molecule is CCOC(=O)Cc1c(I)cc(OC(F)(F)F)nc1C(F)F. The molecule has 118 valence electrons. The second kappa shape index (κ2) is 7.18. The molecule has 0 N–H and O–H groups in total. The van der Waals surface area contributed by atoms with Crippen LogP contribution in [0.3, 0.4) is 0 Å². The third-order valence-corrected chi connectivity index (χ3v) is 3.09. The molecule has 0 unspecified atom stereocenters. The highest BCUT2D eigenvalue weighted by atomic mass is 127. The molecule has 0 aliphatic rings. The number of carbonyl (C=O) groups excluding carboxylic acids is 1. The number of nitrogens with zero attached hydrogens (tertiary/aromatic N) is 1. The van der Waals surface area contributed by atoms with E-state index in [1.807, 2.05) is 0 Å². The van der Waals surface area contributed by atoms with E-state index in [0.29, 0.717) is 0 Å². The van der Waals surface area contributed by atoms with Gasteiger partial charge in [-0.15, -0.1) is 13.2 Å². The van der Waals surface area contributed by atoms with E-state index in [2.05, 4.69) is 14.5 Å². The maximum Gasteiger partial charge on any atom is 0.574 e. The van der Waals surface area contributed by atoms with E-state index < -0.39 is 36.8 Å². The average Bonchev–Trinajstić information content (AvgIpc) is 2.30. The molecule has 0 saturated carbocycles. The molecule has 0 aliphatic heterocycles. The molecule has 4 nitrogen and oxygen atoms in total. The van der Waals surface area contributed by atoms with E-state index in [1.165, 1.54) is 29.5 Å². The standard InChI is InChI=1S/C11H9F5INO3/c1-2-20-8(19)3-5-6(17)4-7(21-11(14,15)16)18-9(5)10(12)13/h4,10H,2-3H2,1H3. The van der Waals surface area contributed by atoms with Crippen molar-refractivity contribution >= 4 is 28.6 Å². The van der Waals surface area contributed by atoms with E-state index in [1.54, 1.807) is 0 Å². The quantitative estimate of drug-likeness (QED) is 0.411. The van der Waals surface area contributed by atoms with Crippen LogP contribution in [0.1, 0.15) is 24.6 Å². The van der Waals surface area contributed by atoms with Gasteiger partial charge in [0, 0.05) is 15.2 Å². The van der Waals surface area contributed by atoms with Crippen LogP contribution in [0.4, 0.5) is 22.0 Å². The molecule has 0 atom stereocenters. The Balaban J connectivity index is 3.16. The number of pyridine rings is 1. The van der Waals surface area contributed by atoms with Gasteiger partial charge in [-0.05, 0) is 29.5 Å². The summed E-state index contributed by atoms with van der Waals surface area (Å²) >= 11 is 1.53. The first-order valence-electron chi connectivity index (χ1n) is 5.52. The summed E-state index contributed by atoms with van der Waals surface area (Å²) in [6.07, 6.45) is -8.71. The lowest BCUT2D eigenvalue weighted by Crippen LogP contribution is -2.19. The number of rotatable bonds is 5. The Morgan fingerprint density at radius 3 is 2.52 bits per heavy atom. The van der Waals surface area contributed by atoms with Crippen molar-refractivity contribution in [3.8, 4) is 5.88 Å². The molecule has 0 fully saturated rings. The summed E-state index contributed by atoms with van der Waals surface area (Å²) in [6, 6.07) is 0.828. The molecule has 21 heavy (non-hydrogen) atoms. The molecule has 0 amide bonds. The van der Waals surface area contributed by atoms with Gasteiger partial charge >= 0.3 is 12.3 Å². The van der Waals surface area contributed by atoms with Gasteiger partial charge in [-0.2, -0.15) is 0 Å². The average molecular weight is 425 g/mol. The van der Waals surface area contributed by atoms with Crippen LogP contribution < -0.4 is 4.74 Å². The third kappa shape index (κ3) is 5.59. The van der Waals surface area contributed by atoms with Crippen LogP contribution in [0.5, 0.6) is 5.88 Å². The van der Waals surface area contributed by atoms with Crippen molar-refractivity contribution in [2.45, 2.75) is 26.1 Å². The van der Waals surface area contributed by atoms with Gasteiger partial charge in [0.05, 0.1) is 13.0 Å². The van der Waals surface area contributed by atoms with Gasteiger partial charge in [-0.3, -0.25) is 4.79 Å². The highest BCUT2D eigenvalue weighted by Gasteiger charge is 2.33. The normalized spacial score (nSPS) is 11.6. The lowest BCUT2D eigenvalue weighted by molar-refractivity contribution is -0.276. The van der Waals surface area contributed by atoms with Gasteiger partial charge in [-0.25, -0.2) is 13.8 Å². The molecular formula is C11H9F5INO3. The van der Waals surface area contributed by atoms with Crippen molar-refractivity contribution in [1.82, 2.24) is 4.98 Å². The highest BCUT2D eigenvalue weighted by molar-refractivity contribution is 14.1. The van der Waals surface area contributed by atoms with Crippen molar-refractivity contribution in [1.29, 1.82) is 0 Å². The molecule has 0 bridgehead atoms. The Hall–Kier alpha value is -1.20. The molecule has 0 radical (unpaired) electrons. The minimum atomic E-state index is -5.04. The summed E-state index contributed by atoms with van der Waals surface area (Å²) in [7, 11) is 0. The molecule has 0 aliphatic carbocycles. The maximum atomic E-state index is 12.9. The molecular weight excluding hydrogens is 416 g/mol. The number of hydrogen-bond donors (Lipinski definition) is 0. The number of carbonyl (C=O) groups is 1. The van der Waals surface area contributed by atoms with Gasteiger partial charge < -0.3 is 9.47 Å². The number of ether oxygens (including phenoxy) is 2. The molecule has 1 aromatic rings. The van der Waals surface area contributed by atoms with Crippen molar-refractivity contribution in [3.63, 3.8) is 0 Å². The Morgan fingerprint density at radius 1 is 1.43 bits per heavy atom. The van der Waals surface area contributed by atoms with E-state index in [0.717, 1.165) is 6.07 Å². The van der Waals surface area contributed by atoms with Crippen molar-refractivity contribution < 1.29 is 36.2 Å². The van der Waals surface area contributed by atoms with Crippen LogP contribution in [0.15, 0.2) is 6.07 Å². The Labute approximate surface area is 129 Å². The summed E-state index contributed by atoms with van der Waals surface area (Å²) < 4.78 is 70.2. The van der Waals surface area contributed by atoms with Crippen LogP contribution in [-0.2, 0) is 16.0 Å². The fourth-order valence-corrected chi connectivity index (χ4v) is 2.15. The summed E-state index contributed by atoms with van der Waals surface area (Å²) in [4.78, 5) is 14.5. The molecule has 10 heteroatoms. The monoisotopic (exact) mass is 425 g/mol. The number of halogens is 6. The van der Waals surface area contributed by atoms with Gasteiger partial charge in [0.1, 0.15) is 5.69 Å². The van der Waals surface area contributed by atoms with Crippen molar-refractivity contribution in [2.24, 2.45) is 0 Å². The molecule has 0 aromatic carbocycles. The first kappa shape index (κ1) is 17.9.